The van der Waals surface area contributed by atoms with Crippen LogP contribution < -0.4 is 20.1 Å². The molecule has 2 aromatic carbocycles. The lowest BCUT2D eigenvalue weighted by Crippen LogP contribution is -2.43. The smallest absolute Gasteiger partial charge is 0.251 e. The zero-order valence-corrected chi connectivity index (χ0v) is 16.9. The topological polar surface area (TPSA) is 76.7 Å². The Morgan fingerprint density at radius 3 is 2.28 bits per heavy atom. The molecule has 154 valence electrons. The number of benzene rings is 2. The first kappa shape index (κ1) is 20.7. The average molecular weight is 396 g/mol. The van der Waals surface area contributed by atoms with E-state index in [9.17, 15) is 9.59 Å². The molecule has 1 aliphatic carbocycles. The third kappa shape index (κ3) is 5.50. The van der Waals surface area contributed by atoms with Crippen molar-refractivity contribution in [1.29, 1.82) is 0 Å². The maximum absolute atomic E-state index is 12.3. The Labute approximate surface area is 171 Å². The molecule has 29 heavy (non-hydrogen) atoms. The number of nitrogens with one attached hydrogen (secondary N) is 2. The van der Waals surface area contributed by atoms with Gasteiger partial charge in [-0.2, -0.15) is 0 Å². The molecule has 0 aromatic heterocycles. The molecule has 6 nitrogen and oxygen atoms in total. The summed E-state index contributed by atoms with van der Waals surface area (Å²) in [6, 6.07) is 15.6. The van der Waals surface area contributed by atoms with Gasteiger partial charge >= 0.3 is 0 Å². The molecular weight excluding hydrogens is 368 g/mol. The van der Waals surface area contributed by atoms with Crippen LogP contribution >= 0.6 is 0 Å². The highest BCUT2D eigenvalue weighted by Crippen LogP contribution is 2.32. The van der Waals surface area contributed by atoms with Gasteiger partial charge < -0.3 is 20.1 Å². The molecule has 0 aliphatic heterocycles. The molecule has 2 N–H and O–H groups in total. The van der Waals surface area contributed by atoms with E-state index in [0.29, 0.717) is 23.0 Å². The van der Waals surface area contributed by atoms with E-state index in [1.807, 2.05) is 6.07 Å². The Morgan fingerprint density at radius 1 is 0.931 bits per heavy atom. The monoisotopic (exact) mass is 396 g/mol. The SMILES string of the molecule is COc1ccc(C(=O)NCC(=O)NC2CCC(c3ccccc3)CC2)cc1OC. The van der Waals surface area contributed by atoms with Crippen LogP contribution in [0.15, 0.2) is 48.5 Å². The first-order valence-corrected chi connectivity index (χ1v) is 9.95. The van der Waals surface area contributed by atoms with Gasteiger partial charge in [-0.1, -0.05) is 30.3 Å². The molecule has 1 fully saturated rings. The van der Waals surface area contributed by atoms with Gasteiger partial charge in [0.1, 0.15) is 0 Å². The first-order chi connectivity index (χ1) is 14.1. The van der Waals surface area contributed by atoms with Gasteiger partial charge in [0.05, 0.1) is 20.8 Å². The fourth-order valence-corrected chi connectivity index (χ4v) is 3.82. The van der Waals surface area contributed by atoms with Gasteiger partial charge in [0.2, 0.25) is 5.91 Å². The fourth-order valence-electron chi connectivity index (χ4n) is 3.82. The van der Waals surface area contributed by atoms with Crippen molar-refractivity contribution in [3.05, 3.63) is 59.7 Å². The van der Waals surface area contributed by atoms with E-state index in [-0.39, 0.29) is 24.4 Å². The summed E-state index contributed by atoms with van der Waals surface area (Å²) in [7, 11) is 3.05. The van der Waals surface area contributed by atoms with Crippen molar-refractivity contribution in [3.8, 4) is 11.5 Å². The molecule has 0 bridgehead atoms. The van der Waals surface area contributed by atoms with Crippen LogP contribution in [0.4, 0.5) is 0 Å². The van der Waals surface area contributed by atoms with Crippen LogP contribution in [0.1, 0.15) is 47.5 Å². The third-order valence-corrected chi connectivity index (χ3v) is 5.42. The molecule has 1 saturated carbocycles. The lowest BCUT2D eigenvalue weighted by Gasteiger charge is -2.29. The highest BCUT2D eigenvalue weighted by atomic mass is 16.5. The van der Waals surface area contributed by atoms with E-state index in [1.165, 1.54) is 19.8 Å². The van der Waals surface area contributed by atoms with Gasteiger partial charge in [-0.15, -0.1) is 0 Å². The Kier molecular flexibility index (Phi) is 7.11. The Bertz CT molecular complexity index is 830. The van der Waals surface area contributed by atoms with Gasteiger partial charge in [0.15, 0.2) is 11.5 Å². The summed E-state index contributed by atoms with van der Waals surface area (Å²) in [6.07, 6.45) is 4.03. The largest absolute Gasteiger partial charge is 0.493 e. The summed E-state index contributed by atoms with van der Waals surface area (Å²) >= 11 is 0. The minimum atomic E-state index is -0.325. The second-order valence-electron chi connectivity index (χ2n) is 7.28. The molecule has 2 amide bonds. The van der Waals surface area contributed by atoms with Crippen molar-refractivity contribution >= 4 is 11.8 Å². The van der Waals surface area contributed by atoms with Gasteiger partial charge in [-0.05, 0) is 55.4 Å². The number of rotatable bonds is 7. The quantitative estimate of drug-likeness (QED) is 0.753. The standard InChI is InChI=1S/C23H28N2O4/c1-28-20-13-10-18(14-21(20)29-2)23(27)24-15-22(26)25-19-11-8-17(9-12-19)16-6-4-3-5-7-16/h3-7,10,13-14,17,19H,8-9,11-12,15H2,1-2H3,(H,24,27)(H,25,26). The Morgan fingerprint density at radius 2 is 1.62 bits per heavy atom. The van der Waals surface area contributed by atoms with Crippen molar-refractivity contribution in [3.63, 3.8) is 0 Å². The van der Waals surface area contributed by atoms with E-state index in [2.05, 4.69) is 34.9 Å². The van der Waals surface area contributed by atoms with Crippen molar-refractivity contribution in [2.24, 2.45) is 0 Å². The second-order valence-corrected chi connectivity index (χ2v) is 7.28. The maximum atomic E-state index is 12.3. The molecule has 0 unspecified atom stereocenters. The van der Waals surface area contributed by atoms with Crippen molar-refractivity contribution in [2.45, 2.75) is 37.6 Å². The molecule has 1 aliphatic rings. The molecular formula is C23H28N2O4. The Balaban J connectivity index is 1.44. The predicted octanol–water partition coefficient (Wildman–Crippen LogP) is 3.28. The van der Waals surface area contributed by atoms with Gasteiger partial charge in [0, 0.05) is 11.6 Å². The first-order valence-electron chi connectivity index (χ1n) is 9.95. The number of ether oxygens (including phenoxy) is 2. The average Bonchev–Trinajstić information content (AvgIpc) is 2.78. The number of carbonyl (C=O) groups is 2. The molecule has 2 aromatic rings. The summed E-state index contributed by atoms with van der Waals surface area (Å²) in [6.45, 7) is -0.0498. The van der Waals surface area contributed by atoms with Crippen LogP contribution in [0.2, 0.25) is 0 Å². The second kappa shape index (κ2) is 9.96. The lowest BCUT2D eigenvalue weighted by atomic mass is 9.82. The number of methoxy groups -OCH3 is 2. The van der Waals surface area contributed by atoms with Crippen LogP contribution in [0, 0.1) is 0 Å². The van der Waals surface area contributed by atoms with Gasteiger partial charge in [0.25, 0.3) is 5.91 Å². The number of carbonyl (C=O) groups excluding carboxylic acids is 2. The van der Waals surface area contributed by atoms with Gasteiger partial charge in [-0.25, -0.2) is 0 Å². The van der Waals surface area contributed by atoms with Crippen molar-refractivity contribution in [2.75, 3.05) is 20.8 Å². The number of hydrogen-bond acceptors (Lipinski definition) is 4. The van der Waals surface area contributed by atoms with Crippen LogP contribution in [-0.2, 0) is 4.79 Å². The maximum Gasteiger partial charge on any atom is 0.251 e. The molecule has 6 heteroatoms. The van der Waals surface area contributed by atoms with Crippen molar-refractivity contribution < 1.29 is 19.1 Å². The van der Waals surface area contributed by atoms with Crippen LogP contribution in [0.3, 0.4) is 0 Å². The third-order valence-electron chi connectivity index (χ3n) is 5.42. The highest BCUT2D eigenvalue weighted by molar-refractivity contribution is 5.97. The van der Waals surface area contributed by atoms with Crippen molar-refractivity contribution in [1.82, 2.24) is 10.6 Å². The lowest BCUT2D eigenvalue weighted by molar-refractivity contribution is -0.121. The summed E-state index contributed by atoms with van der Waals surface area (Å²) in [5.74, 6) is 1.10. The molecule has 0 heterocycles. The zero-order valence-electron chi connectivity index (χ0n) is 16.9. The van der Waals surface area contributed by atoms with E-state index >= 15 is 0 Å². The highest BCUT2D eigenvalue weighted by Gasteiger charge is 2.23. The van der Waals surface area contributed by atoms with Crippen LogP contribution in [0.5, 0.6) is 11.5 Å². The molecule has 0 radical (unpaired) electrons. The van der Waals surface area contributed by atoms with E-state index in [4.69, 9.17) is 9.47 Å². The summed E-state index contributed by atoms with van der Waals surface area (Å²) in [5, 5.41) is 5.70. The fraction of sp³-hybridized carbons (Fsp3) is 0.391. The van der Waals surface area contributed by atoms with Crippen LogP contribution in [-0.4, -0.2) is 38.6 Å². The summed E-state index contributed by atoms with van der Waals surface area (Å²) in [4.78, 5) is 24.6. The minimum absolute atomic E-state index is 0.0498. The normalized spacial score (nSPS) is 18.6. The molecule has 0 spiro atoms. The predicted molar refractivity (Wildman–Crippen MR) is 111 cm³/mol. The zero-order chi connectivity index (χ0) is 20.6. The molecule has 3 rings (SSSR count). The van der Waals surface area contributed by atoms with E-state index in [1.54, 1.807) is 18.2 Å². The number of amides is 2. The summed E-state index contributed by atoms with van der Waals surface area (Å²) in [5.41, 5.74) is 1.79. The summed E-state index contributed by atoms with van der Waals surface area (Å²) < 4.78 is 10.4. The molecule has 0 atom stereocenters. The Hall–Kier alpha value is -3.02. The number of hydrogen-bond donors (Lipinski definition) is 2. The van der Waals surface area contributed by atoms with Gasteiger partial charge in [-0.3, -0.25) is 9.59 Å². The van der Waals surface area contributed by atoms with E-state index < -0.39 is 0 Å². The molecule has 0 saturated heterocycles. The van der Waals surface area contributed by atoms with Crippen LogP contribution in [0.25, 0.3) is 0 Å². The minimum Gasteiger partial charge on any atom is -0.493 e. The van der Waals surface area contributed by atoms with E-state index in [0.717, 1.165) is 25.7 Å².